The first-order chi connectivity index (χ1) is 10.1. The van der Waals surface area contributed by atoms with Gasteiger partial charge in [0.2, 0.25) is 0 Å². The minimum absolute atomic E-state index is 0.156. The number of ether oxygens (including phenoxy) is 1. The average molecular weight is 292 g/mol. The van der Waals surface area contributed by atoms with E-state index in [0.29, 0.717) is 36.1 Å². The molecule has 0 bridgehead atoms. The highest BCUT2D eigenvalue weighted by atomic mass is 16.5. The molecule has 1 aliphatic carbocycles. The van der Waals surface area contributed by atoms with Gasteiger partial charge in [0.25, 0.3) is 5.91 Å². The molecule has 0 unspecified atom stereocenters. The molecule has 0 aromatic heterocycles. The summed E-state index contributed by atoms with van der Waals surface area (Å²) in [6.45, 7) is 2.96. The van der Waals surface area contributed by atoms with Crippen molar-refractivity contribution in [2.24, 2.45) is 5.92 Å². The van der Waals surface area contributed by atoms with E-state index < -0.39 is 0 Å². The van der Waals surface area contributed by atoms with Crippen LogP contribution in [0.2, 0.25) is 0 Å². The van der Waals surface area contributed by atoms with Gasteiger partial charge < -0.3 is 20.9 Å². The molecule has 0 radical (unpaired) electrons. The summed E-state index contributed by atoms with van der Waals surface area (Å²) in [5.74, 6) is 0.738. The second-order valence-electron chi connectivity index (χ2n) is 5.54. The van der Waals surface area contributed by atoms with Gasteiger partial charge in [-0.25, -0.2) is 0 Å². The van der Waals surface area contributed by atoms with E-state index in [0.717, 1.165) is 25.7 Å². The van der Waals surface area contributed by atoms with Gasteiger partial charge in [-0.1, -0.05) is 6.07 Å². The Morgan fingerprint density at radius 1 is 1.38 bits per heavy atom. The van der Waals surface area contributed by atoms with Crippen LogP contribution in [-0.2, 0) is 0 Å². The zero-order valence-electron chi connectivity index (χ0n) is 12.5. The zero-order valence-corrected chi connectivity index (χ0v) is 12.5. The van der Waals surface area contributed by atoms with Crippen LogP contribution in [0.1, 0.15) is 43.0 Å². The summed E-state index contributed by atoms with van der Waals surface area (Å²) < 4.78 is 5.48. The molecule has 1 aromatic rings. The lowest BCUT2D eigenvalue weighted by Gasteiger charge is -2.25. The van der Waals surface area contributed by atoms with Crippen molar-refractivity contribution in [3.8, 4) is 5.75 Å². The number of nitrogens with two attached hydrogens (primary N) is 1. The Hall–Kier alpha value is -1.75. The molecule has 1 amide bonds. The molecule has 0 spiro atoms. The van der Waals surface area contributed by atoms with Gasteiger partial charge in [-0.3, -0.25) is 4.79 Å². The fourth-order valence-corrected chi connectivity index (χ4v) is 2.72. The van der Waals surface area contributed by atoms with Crippen molar-refractivity contribution in [1.82, 2.24) is 5.32 Å². The highest BCUT2D eigenvalue weighted by molar-refractivity contribution is 5.98. The van der Waals surface area contributed by atoms with Crippen molar-refractivity contribution in [2.45, 2.75) is 38.7 Å². The number of para-hydroxylation sites is 1. The number of carbonyl (C=O) groups is 1. The molecule has 2 rings (SSSR count). The normalized spacial score (nSPS) is 21.8. The van der Waals surface area contributed by atoms with E-state index in [9.17, 15) is 9.90 Å². The maximum absolute atomic E-state index is 12.3. The maximum atomic E-state index is 12.3. The van der Waals surface area contributed by atoms with Gasteiger partial charge >= 0.3 is 0 Å². The van der Waals surface area contributed by atoms with Crippen molar-refractivity contribution in [3.05, 3.63) is 23.8 Å². The van der Waals surface area contributed by atoms with Gasteiger partial charge in [0.1, 0.15) is 0 Å². The number of rotatable bonds is 5. The zero-order chi connectivity index (χ0) is 15.2. The van der Waals surface area contributed by atoms with Crippen LogP contribution in [0.4, 0.5) is 5.69 Å². The van der Waals surface area contributed by atoms with Crippen LogP contribution < -0.4 is 15.8 Å². The first-order valence-electron chi connectivity index (χ1n) is 7.59. The molecule has 0 saturated heterocycles. The second kappa shape index (κ2) is 7.31. The summed E-state index contributed by atoms with van der Waals surface area (Å²) in [7, 11) is 0. The highest BCUT2D eigenvalue weighted by Crippen LogP contribution is 2.27. The van der Waals surface area contributed by atoms with Crippen LogP contribution in [0.15, 0.2) is 18.2 Å². The molecule has 5 heteroatoms. The second-order valence-corrected chi connectivity index (χ2v) is 5.54. The van der Waals surface area contributed by atoms with E-state index in [2.05, 4.69) is 5.32 Å². The maximum Gasteiger partial charge on any atom is 0.255 e. The lowest BCUT2D eigenvalue weighted by Crippen LogP contribution is -2.32. The Labute approximate surface area is 125 Å². The number of nitrogen functional groups attached to an aromatic ring is 1. The van der Waals surface area contributed by atoms with E-state index in [4.69, 9.17) is 10.5 Å². The Bertz CT molecular complexity index is 482. The molecule has 4 N–H and O–H groups in total. The van der Waals surface area contributed by atoms with Gasteiger partial charge in [-0.15, -0.1) is 0 Å². The van der Waals surface area contributed by atoms with Gasteiger partial charge in [-0.05, 0) is 50.7 Å². The number of carbonyl (C=O) groups excluding carboxylic acids is 1. The van der Waals surface area contributed by atoms with Crippen LogP contribution in [0.3, 0.4) is 0 Å². The first kappa shape index (κ1) is 15.6. The molecule has 1 saturated carbocycles. The minimum Gasteiger partial charge on any atom is -0.491 e. The van der Waals surface area contributed by atoms with Crippen LogP contribution >= 0.6 is 0 Å². The average Bonchev–Trinajstić information content (AvgIpc) is 2.48. The largest absolute Gasteiger partial charge is 0.491 e. The number of hydrogen-bond donors (Lipinski definition) is 3. The molecular weight excluding hydrogens is 268 g/mol. The summed E-state index contributed by atoms with van der Waals surface area (Å²) in [5.41, 5.74) is 6.82. The number of aliphatic hydroxyl groups excluding tert-OH is 1. The number of anilines is 1. The smallest absolute Gasteiger partial charge is 0.255 e. The molecule has 1 aromatic carbocycles. The van der Waals surface area contributed by atoms with Crippen LogP contribution in [0.5, 0.6) is 5.75 Å². The Balaban J connectivity index is 1.95. The number of benzene rings is 1. The molecule has 116 valence electrons. The summed E-state index contributed by atoms with van der Waals surface area (Å²) >= 11 is 0. The Morgan fingerprint density at radius 3 is 2.76 bits per heavy atom. The van der Waals surface area contributed by atoms with E-state index in [1.54, 1.807) is 18.2 Å². The number of amides is 1. The van der Waals surface area contributed by atoms with Crippen molar-refractivity contribution in [3.63, 3.8) is 0 Å². The summed E-state index contributed by atoms with van der Waals surface area (Å²) in [5, 5.41) is 12.4. The van der Waals surface area contributed by atoms with Crippen molar-refractivity contribution >= 4 is 11.6 Å². The van der Waals surface area contributed by atoms with Gasteiger partial charge in [-0.2, -0.15) is 0 Å². The van der Waals surface area contributed by atoms with Gasteiger partial charge in [0.15, 0.2) is 5.75 Å². The summed E-state index contributed by atoms with van der Waals surface area (Å²) in [6.07, 6.45) is 3.38. The standard InChI is InChI=1S/C16H24N2O3/c1-2-21-15-13(4-3-5-14(15)17)16(20)18-10-11-6-8-12(19)9-7-11/h3-5,11-12,19H,2,6-10,17H2,1H3,(H,18,20). The van der Waals surface area contributed by atoms with Gasteiger partial charge in [0, 0.05) is 6.54 Å². The number of hydrogen-bond acceptors (Lipinski definition) is 4. The molecule has 5 nitrogen and oxygen atoms in total. The van der Waals surface area contributed by atoms with E-state index in [-0.39, 0.29) is 12.0 Å². The third-order valence-corrected chi connectivity index (χ3v) is 3.95. The first-order valence-corrected chi connectivity index (χ1v) is 7.59. The van der Waals surface area contributed by atoms with Crippen LogP contribution in [0, 0.1) is 5.92 Å². The number of aliphatic hydroxyl groups is 1. The van der Waals surface area contributed by atoms with E-state index >= 15 is 0 Å². The summed E-state index contributed by atoms with van der Waals surface area (Å²) in [4.78, 5) is 12.3. The molecule has 1 aliphatic rings. The van der Waals surface area contributed by atoms with Crippen LogP contribution in [0.25, 0.3) is 0 Å². The molecule has 0 heterocycles. The fraction of sp³-hybridized carbons (Fsp3) is 0.562. The van der Waals surface area contributed by atoms with Crippen molar-refractivity contribution in [2.75, 3.05) is 18.9 Å². The van der Waals surface area contributed by atoms with Crippen LogP contribution in [-0.4, -0.2) is 30.3 Å². The third-order valence-electron chi connectivity index (χ3n) is 3.95. The quantitative estimate of drug-likeness (QED) is 0.724. The third kappa shape index (κ3) is 4.11. The molecule has 1 fully saturated rings. The van der Waals surface area contributed by atoms with E-state index in [1.165, 1.54) is 0 Å². The SMILES string of the molecule is CCOc1c(N)cccc1C(=O)NCC1CCC(O)CC1. The van der Waals surface area contributed by atoms with Crippen molar-refractivity contribution in [1.29, 1.82) is 0 Å². The highest BCUT2D eigenvalue weighted by Gasteiger charge is 2.21. The Kier molecular flexibility index (Phi) is 5.44. The number of nitrogens with one attached hydrogen (secondary N) is 1. The topological polar surface area (TPSA) is 84.6 Å². The Morgan fingerprint density at radius 2 is 2.10 bits per heavy atom. The molecular formula is C16H24N2O3. The lowest BCUT2D eigenvalue weighted by atomic mass is 9.87. The predicted octanol–water partition coefficient (Wildman–Crippen LogP) is 1.95. The lowest BCUT2D eigenvalue weighted by molar-refractivity contribution is 0.0907. The van der Waals surface area contributed by atoms with E-state index in [1.807, 2.05) is 6.92 Å². The summed E-state index contributed by atoms with van der Waals surface area (Å²) in [6, 6.07) is 5.20. The molecule has 21 heavy (non-hydrogen) atoms. The molecule has 0 atom stereocenters. The monoisotopic (exact) mass is 292 g/mol. The van der Waals surface area contributed by atoms with Gasteiger partial charge in [0.05, 0.1) is 24.0 Å². The molecule has 0 aliphatic heterocycles. The predicted molar refractivity (Wildman–Crippen MR) is 82.3 cm³/mol. The van der Waals surface area contributed by atoms with Crippen molar-refractivity contribution < 1.29 is 14.6 Å². The minimum atomic E-state index is -0.171. The fourth-order valence-electron chi connectivity index (χ4n) is 2.72.